The maximum atomic E-state index is 12.6. The van der Waals surface area contributed by atoms with E-state index in [1.807, 2.05) is 0 Å². The number of carbonyl (C=O) groups is 1. The molecule has 0 unspecified atom stereocenters. The van der Waals surface area contributed by atoms with Crippen molar-refractivity contribution >= 4 is 51.0 Å². The Bertz CT molecular complexity index is 854. The SMILES string of the molecule is N=C/C=C(\N)c1ncc(C(=O)Nc2ccc(OC(F)(F)Cl)cc2)cc1Br. The summed E-state index contributed by atoms with van der Waals surface area (Å²) >= 11 is 7.95. The Morgan fingerprint density at radius 1 is 1.38 bits per heavy atom. The van der Waals surface area contributed by atoms with Crippen LogP contribution in [0.3, 0.4) is 0 Å². The van der Waals surface area contributed by atoms with Crippen LogP contribution in [0.1, 0.15) is 16.1 Å². The molecule has 2 aromatic rings. The summed E-state index contributed by atoms with van der Waals surface area (Å²) in [6.07, 6.45) is 3.71. The molecule has 0 aliphatic heterocycles. The fraction of sp³-hybridized carbons (Fsp3) is 0.0625. The van der Waals surface area contributed by atoms with Gasteiger partial charge in [-0.1, -0.05) is 0 Å². The molecule has 26 heavy (non-hydrogen) atoms. The van der Waals surface area contributed by atoms with Gasteiger partial charge in [-0.25, -0.2) is 0 Å². The zero-order valence-corrected chi connectivity index (χ0v) is 15.3. The number of allylic oxidation sites excluding steroid dienone is 1. The summed E-state index contributed by atoms with van der Waals surface area (Å²) in [5.74, 6) is -0.610. The highest BCUT2D eigenvalue weighted by molar-refractivity contribution is 9.10. The second-order valence-corrected chi connectivity index (χ2v) is 6.16. The molecule has 1 heterocycles. The Morgan fingerprint density at radius 3 is 2.58 bits per heavy atom. The summed E-state index contributed by atoms with van der Waals surface area (Å²) in [6.45, 7) is 0. The average molecular weight is 446 g/mol. The standard InChI is InChI=1S/C16H12BrClF2N4O2/c17-12-7-9(8-23-14(12)13(22)5-6-21)15(25)24-10-1-3-11(4-2-10)26-16(18,19)20/h1-8,21H,22H2,(H,24,25)/b13-5-,21-6?. The summed E-state index contributed by atoms with van der Waals surface area (Å²) in [7, 11) is 0. The highest BCUT2D eigenvalue weighted by atomic mass is 79.9. The zero-order valence-electron chi connectivity index (χ0n) is 13.0. The van der Waals surface area contributed by atoms with Gasteiger partial charge in [0, 0.05) is 34.2 Å². The molecule has 0 aliphatic carbocycles. The van der Waals surface area contributed by atoms with E-state index in [1.165, 1.54) is 42.6 Å². The Hall–Kier alpha value is -2.52. The van der Waals surface area contributed by atoms with Crippen LogP contribution in [0, 0.1) is 5.41 Å². The number of nitrogens with zero attached hydrogens (tertiary/aromatic N) is 1. The molecule has 1 aromatic heterocycles. The number of ether oxygens (including phenoxy) is 1. The monoisotopic (exact) mass is 444 g/mol. The van der Waals surface area contributed by atoms with E-state index in [4.69, 9.17) is 11.1 Å². The van der Waals surface area contributed by atoms with Gasteiger partial charge in [-0.15, -0.1) is 8.78 Å². The number of rotatable bonds is 6. The molecule has 1 aromatic carbocycles. The normalized spacial score (nSPS) is 11.8. The van der Waals surface area contributed by atoms with Crippen LogP contribution in [0.4, 0.5) is 14.5 Å². The van der Waals surface area contributed by atoms with Gasteiger partial charge < -0.3 is 21.2 Å². The van der Waals surface area contributed by atoms with Crippen molar-refractivity contribution in [2.75, 3.05) is 5.32 Å². The van der Waals surface area contributed by atoms with E-state index >= 15 is 0 Å². The molecule has 0 saturated carbocycles. The first-order chi connectivity index (χ1) is 12.2. The third-order valence-corrected chi connectivity index (χ3v) is 3.67. The third-order valence-electron chi connectivity index (χ3n) is 2.99. The third kappa shape index (κ3) is 5.50. The largest absolute Gasteiger partial charge is 0.487 e. The number of alkyl halides is 3. The lowest BCUT2D eigenvalue weighted by molar-refractivity contribution is -0.0964. The van der Waals surface area contributed by atoms with Gasteiger partial charge in [-0.05, 0) is 52.3 Å². The summed E-state index contributed by atoms with van der Waals surface area (Å²) in [5, 5.41) is 9.60. The van der Waals surface area contributed by atoms with Gasteiger partial charge in [0.15, 0.2) is 0 Å². The summed E-state index contributed by atoms with van der Waals surface area (Å²) < 4.78 is 29.8. The van der Waals surface area contributed by atoms with Crippen molar-refractivity contribution in [2.24, 2.45) is 5.73 Å². The number of carbonyl (C=O) groups excluding carboxylic acids is 1. The van der Waals surface area contributed by atoms with E-state index in [9.17, 15) is 13.6 Å². The molecule has 136 valence electrons. The van der Waals surface area contributed by atoms with Crippen LogP contribution in [0.15, 0.2) is 47.1 Å². The Balaban J connectivity index is 2.11. The predicted octanol–water partition coefficient (Wildman–Crippen LogP) is 4.21. The molecule has 0 saturated heterocycles. The Kier molecular flexibility index (Phi) is 6.27. The second-order valence-electron chi connectivity index (χ2n) is 4.87. The van der Waals surface area contributed by atoms with Crippen molar-refractivity contribution < 1.29 is 18.3 Å². The lowest BCUT2D eigenvalue weighted by Crippen LogP contribution is -2.16. The highest BCUT2D eigenvalue weighted by Gasteiger charge is 2.27. The van der Waals surface area contributed by atoms with Crippen LogP contribution in [-0.2, 0) is 0 Å². The smallest absolute Gasteiger partial charge is 0.420 e. The maximum Gasteiger partial charge on any atom is 0.487 e. The number of nitrogens with one attached hydrogen (secondary N) is 2. The molecule has 0 atom stereocenters. The van der Waals surface area contributed by atoms with Gasteiger partial charge in [0.1, 0.15) is 11.4 Å². The van der Waals surface area contributed by atoms with Gasteiger partial charge in [-0.2, -0.15) is 0 Å². The molecule has 0 bridgehead atoms. The molecule has 6 nitrogen and oxygen atoms in total. The molecule has 0 fully saturated rings. The van der Waals surface area contributed by atoms with Crippen LogP contribution in [0.5, 0.6) is 5.75 Å². The fourth-order valence-corrected chi connectivity index (χ4v) is 2.55. The lowest BCUT2D eigenvalue weighted by Gasteiger charge is -2.11. The summed E-state index contributed by atoms with van der Waals surface area (Å²) in [6, 6.07) is 6.78. The number of pyridine rings is 1. The predicted molar refractivity (Wildman–Crippen MR) is 98.7 cm³/mol. The van der Waals surface area contributed by atoms with Crippen LogP contribution in [0.2, 0.25) is 0 Å². The van der Waals surface area contributed by atoms with E-state index in [0.717, 1.165) is 6.21 Å². The Labute approximate surface area is 160 Å². The second kappa shape index (κ2) is 8.24. The van der Waals surface area contributed by atoms with E-state index in [0.29, 0.717) is 15.9 Å². The fourth-order valence-electron chi connectivity index (χ4n) is 1.89. The van der Waals surface area contributed by atoms with E-state index in [1.54, 1.807) is 0 Å². The number of halogens is 4. The molecule has 0 spiro atoms. The number of aromatic nitrogens is 1. The maximum absolute atomic E-state index is 12.6. The van der Waals surface area contributed by atoms with E-state index in [-0.39, 0.29) is 17.0 Å². The van der Waals surface area contributed by atoms with Gasteiger partial charge >= 0.3 is 5.57 Å². The van der Waals surface area contributed by atoms with Gasteiger partial charge in [0.25, 0.3) is 5.91 Å². The number of amides is 1. The molecule has 0 aliphatic rings. The summed E-state index contributed by atoms with van der Waals surface area (Å²) in [4.78, 5) is 16.4. The van der Waals surface area contributed by atoms with Crippen molar-refractivity contribution in [1.82, 2.24) is 4.98 Å². The minimum Gasteiger partial charge on any atom is -0.420 e. The molecular weight excluding hydrogens is 434 g/mol. The van der Waals surface area contributed by atoms with Crippen LogP contribution in [0.25, 0.3) is 5.70 Å². The first-order valence-electron chi connectivity index (χ1n) is 6.99. The van der Waals surface area contributed by atoms with E-state index in [2.05, 4.69) is 42.6 Å². The molecule has 10 heteroatoms. The summed E-state index contributed by atoms with van der Waals surface area (Å²) in [5.41, 5.74) is 3.23. The molecule has 1 amide bonds. The Morgan fingerprint density at radius 2 is 2.04 bits per heavy atom. The number of hydrogen-bond acceptors (Lipinski definition) is 5. The highest BCUT2D eigenvalue weighted by Crippen LogP contribution is 2.26. The first kappa shape index (κ1) is 19.8. The number of hydrogen-bond donors (Lipinski definition) is 3. The van der Waals surface area contributed by atoms with Crippen molar-refractivity contribution in [3.63, 3.8) is 0 Å². The molecule has 4 N–H and O–H groups in total. The molecule has 0 radical (unpaired) electrons. The quantitative estimate of drug-likeness (QED) is 0.458. The van der Waals surface area contributed by atoms with Crippen molar-refractivity contribution in [3.05, 3.63) is 58.3 Å². The number of benzene rings is 1. The van der Waals surface area contributed by atoms with Gasteiger partial charge in [0.2, 0.25) is 0 Å². The van der Waals surface area contributed by atoms with Crippen molar-refractivity contribution in [3.8, 4) is 5.75 Å². The number of anilines is 1. The minimum atomic E-state index is -3.81. The van der Waals surface area contributed by atoms with E-state index < -0.39 is 11.5 Å². The molecule has 2 rings (SSSR count). The van der Waals surface area contributed by atoms with Crippen LogP contribution < -0.4 is 15.8 Å². The first-order valence-corrected chi connectivity index (χ1v) is 8.16. The van der Waals surface area contributed by atoms with Crippen LogP contribution >= 0.6 is 27.5 Å². The van der Waals surface area contributed by atoms with Gasteiger partial charge in [-0.3, -0.25) is 9.78 Å². The minimum absolute atomic E-state index is 0.148. The van der Waals surface area contributed by atoms with Crippen LogP contribution in [-0.4, -0.2) is 22.7 Å². The van der Waals surface area contributed by atoms with Gasteiger partial charge in [0.05, 0.1) is 11.3 Å². The lowest BCUT2D eigenvalue weighted by atomic mass is 10.2. The topological polar surface area (TPSA) is 101 Å². The number of nitrogens with two attached hydrogens (primary N) is 1. The zero-order chi connectivity index (χ0) is 19.3. The van der Waals surface area contributed by atoms with Crippen molar-refractivity contribution in [1.29, 1.82) is 5.41 Å². The average Bonchev–Trinajstić information content (AvgIpc) is 2.55. The molecular formula is C16H12BrClF2N4O2. The van der Waals surface area contributed by atoms with Crippen molar-refractivity contribution in [2.45, 2.75) is 5.57 Å².